The zero-order valence-corrected chi connectivity index (χ0v) is 7.88. The largest absolute Gasteiger partial charge is 0.467 e. The molecule has 6 nitrogen and oxygen atoms in total. The maximum Gasteiger partial charge on any atom is 0.240 e. The number of hydrogen-bond donors (Lipinski definition) is 1. The van der Waals surface area contributed by atoms with Gasteiger partial charge in [-0.3, -0.25) is 14.9 Å². The molecule has 1 amide bonds. The molecule has 1 aromatic rings. The molecular formula is C9H10N2O4. The van der Waals surface area contributed by atoms with Crippen LogP contribution in [0.4, 0.5) is 0 Å². The summed E-state index contributed by atoms with van der Waals surface area (Å²) < 4.78 is 5.08. The van der Waals surface area contributed by atoms with Crippen LogP contribution in [-0.2, 0) is 4.79 Å². The van der Waals surface area contributed by atoms with E-state index in [-0.39, 0.29) is 23.7 Å². The van der Waals surface area contributed by atoms with Crippen LogP contribution in [0.25, 0.3) is 0 Å². The number of nitro groups is 1. The molecule has 1 aliphatic rings. The molecule has 1 aliphatic heterocycles. The molecule has 1 fully saturated rings. The molecule has 80 valence electrons. The fraction of sp³-hybridized carbons (Fsp3) is 0.444. The maximum atomic E-state index is 11.2. The summed E-state index contributed by atoms with van der Waals surface area (Å²) in [7, 11) is 0. The Morgan fingerprint density at radius 3 is 3.00 bits per heavy atom. The zero-order chi connectivity index (χ0) is 10.8. The van der Waals surface area contributed by atoms with Gasteiger partial charge in [-0.25, -0.2) is 0 Å². The van der Waals surface area contributed by atoms with Crippen LogP contribution in [0.15, 0.2) is 22.8 Å². The molecule has 1 saturated heterocycles. The quantitative estimate of drug-likeness (QED) is 0.579. The van der Waals surface area contributed by atoms with E-state index in [1.807, 2.05) is 0 Å². The van der Waals surface area contributed by atoms with Crippen molar-refractivity contribution in [2.24, 2.45) is 0 Å². The molecule has 0 unspecified atom stereocenters. The number of furan rings is 1. The van der Waals surface area contributed by atoms with Crippen molar-refractivity contribution in [3.05, 3.63) is 34.3 Å². The first kappa shape index (κ1) is 9.70. The lowest BCUT2D eigenvalue weighted by molar-refractivity contribution is -0.530. The molecule has 6 heteroatoms. The van der Waals surface area contributed by atoms with E-state index in [1.165, 1.54) is 6.26 Å². The summed E-state index contributed by atoms with van der Waals surface area (Å²) in [6.45, 7) is 0. The van der Waals surface area contributed by atoms with Crippen molar-refractivity contribution in [3.8, 4) is 0 Å². The topological polar surface area (TPSA) is 85.4 Å². The predicted octanol–water partition coefficient (Wildman–Crippen LogP) is 0.876. The number of carbonyl (C=O) groups is 1. The van der Waals surface area contributed by atoms with Crippen LogP contribution in [0.1, 0.15) is 24.6 Å². The highest BCUT2D eigenvalue weighted by Crippen LogP contribution is 2.26. The lowest BCUT2D eigenvalue weighted by Gasteiger charge is -2.24. The molecule has 1 N–H and O–H groups in total. The van der Waals surface area contributed by atoms with Crippen LogP contribution < -0.4 is 5.32 Å². The predicted molar refractivity (Wildman–Crippen MR) is 49.6 cm³/mol. The van der Waals surface area contributed by atoms with E-state index in [4.69, 9.17) is 4.42 Å². The van der Waals surface area contributed by atoms with Gasteiger partial charge in [0.15, 0.2) is 6.04 Å². The Morgan fingerprint density at radius 1 is 1.60 bits per heavy atom. The standard InChI is InChI=1S/C9H10N2O4/c12-8-4-3-6(11(13)14)9(10-8)7-2-1-5-15-7/h1-2,5-6,9H,3-4H2,(H,10,12)/t6-,9-/m0/s1. The van der Waals surface area contributed by atoms with Crippen molar-refractivity contribution < 1.29 is 14.1 Å². The number of carbonyl (C=O) groups excluding carboxylic acids is 1. The zero-order valence-electron chi connectivity index (χ0n) is 7.88. The summed E-state index contributed by atoms with van der Waals surface area (Å²) in [5.41, 5.74) is 0. The molecule has 1 aromatic heterocycles. The number of rotatable bonds is 2. The first-order chi connectivity index (χ1) is 7.18. The minimum atomic E-state index is -0.797. The van der Waals surface area contributed by atoms with E-state index in [0.717, 1.165) is 0 Å². The summed E-state index contributed by atoms with van der Waals surface area (Å²) >= 11 is 0. The monoisotopic (exact) mass is 210 g/mol. The SMILES string of the molecule is O=C1CC[C@H]([N+](=O)[O-])[C@@H](c2ccco2)N1. The van der Waals surface area contributed by atoms with Crippen LogP contribution in [0.2, 0.25) is 0 Å². The highest BCUT2D eigenvalue weighted by molar-refractivity contribution is 5.77. The van der Waals surface area contributed by atoms with E-state index in [2.05, 4.69) is 5.32 Å². The number of amides is 1. The molecule has 0 spiro atoms. The van der Waals surface area contributed by atoms with E-state index in [1.54, 1.807) is 12.1 Å². The lowest BCUT2D eigenvalue weighted by atomic mass is 9.97. The average molecular weight is 210 g/mol. The van der Waals surface area contributed by atoms with Gasteiger partial charge in [-0.1, -0.05) is 0 Å². The van der Waals surface area contributed by atoms with Crippen molar-refractivity contribution >= 4 is 5.91 Å². The molecule has 2 atom stereocenters. The fourth-order valence-corrected chi connectivity index (χ4v) is 1.74. The molecular weight excluding hydrogens is 200 g/mol. The lowest BCUT2D eigenvalue weighted by Crippen LogP contribution is -2.44. The number of nitrogens with zero attached hydrogens (tertiary/aromatic N) is 1. The molecule has 2 heterocycles. The Kier molecular flexibility index (Phi) is 2.40. The Labute approximate surface area is 85.4 Å². The highest BCUT2D eigenvalue weighted by atomic mass is 16.6. The number of piperidine rings is 1. The van der Waals surface area contributed by atoms with Crippen molar-refractivity contribution in [1.29, 1.82) is 0 Å². The second-order valence-corrected chi connectivity index (χ2v) is 3.45. The Bertz CT molecular complexity index is 373. The van der Waals surface area contributed by atoms with Crippen LogP contribution in [0.5, 0.6) is 0 Å². The fourth-order valence-electron chi connectivity index (χ4n) is 1.74. The minimum Gasteiger partial charge on any atom is -0.467 e. The van der Waals surface area contributed by atoms with Crippen molar-refractivity contribution in [3.63, 3.8) is 0 Å². The van der Waals surface area contributed by atoms with Gasteiger partial charge in [0, 0.05) is 17.8 Å². The third-order valence-corrected chi connectivity index (χ3v) is 2.49. The summed E-state index contributed by atoms with van der Waals surface area (Å²) in [5.74, 6) is 0.263. The molecule has 0 radical (unpaired) electrons. The van der Waals surface area contributed by atoms with Crippen molar-refractivity contribution in [2.75, 3.05) is 0 Å². The maximum absolute atomic E-state index is 11.2. The Morgan fingerprint density at radius 2 is 2.40 bits per heavy atom. The van der Waals surface area contributed by atoms with Gasteiger partial charge in [0.25, 0.3) is 0 Å². The summed E-state index contributed by atoms with van der Waals surface area (Å²) in [5, 5.41) is 13.4. The van der Waals surface area contributed by atoms with E-state index >= 15 is 0 Å². The van der Waals surface area contributed by atoms with Crippen molar-refractivity contribution in [2.45, 2.75) is 24.9 Å². The normalized spacial score (nSPS) is 26.0. The number of hydrogen-bond acceptors (Lipinski definition) is 4. The van der Waals surface area contributed by atoms with Crippen LogP contribution in [0, 0.1) is 10.1 Å². The van der Waals surface area contributed by atoms with Gasteiger partial charge < -0.3 is 9.73 Å². The molecule has 2 rings (SSSR count). The molecule has 0 aromatic carbocycles. The van der Waals surface area contributed by atoms with Crippen LogP contribution in [-0.4, -0.2) is 16.9 Å². The van der Waals surface area contributed by atoms with Gasteiger partial charge in [0.1, 0.15) is 5.76 Å². The van der Waals surface area contributed by atoms with Gasteiger partial charge >= 0.3 is 0 Å². The molecule has 0 bridgehead atoms. The minimum absolute atomic E-state index is 0.172. The first-order valence-corrected chi connectivity index (χ1v) is 4.65. The van der Waals surface area contributed by atoms with Gasteiger partial charge in [0.05, 0.1) is 6.26 Å². The second kappa shape index (κ2) is 3.72. The first-order valence-electron chi connectivity index (χ1n) is 4.65. The smallest absolute Gasteiger partial charge is 0.240 e. The Hall–Kier alpha value is -1.85. The Balaban J connectivity index is 2.24. The third-order valence-electron chi connectivity index (χ3n) is 2.49. The van der Waals surface area contributed by atoms with Gasteiger partial charge in [0.2, 0.25) is 11.9 Å². The van der Waals surface area contributed by atoms with Crippen molar-refractivity contribution in [1.82, 2.24) is 5.32 Å². The van der Waals surface area contributed by atoms with Crippen LogP contribution >= 0.6 is 0 Å². The van der Waals surface area contributed by atoms with Gasteiger partial charge in [-0.05, 0) is 12.1 Å². The molecule has 15 heavy (non-hydrogen) atoms. The van der Waals surface area contributed by atoms with E-state index < -0.39 is 12.1 Å². The highest BCUT2D eigenvalue weighted by Gasteiger charge is 2.39. The number of nitrogens with one attached hydrogen (secondary N) is 1. The molecule has 0 saturated carbocycles. The average Bonchev–Trinajstić information content (AvgIpc) is 2.69. The summed E-state index contributed by atoms with van der Waals surface area (Å²) in [6.07, 6.45) is 1.89. The van der Waals surface area contributed by atoms with Gasteiger partial charge in [-0.2, -0.15) is 0 Å². The third kappa shape index (κ3) is 1.83. The molecule has 0 aliphatic carbocycles. The van der Waals surface area contributed by atoms with Gasteiger partial charge in [-0.15, -0.1) is 0 Å². The second-order valence-electron chi connectivity index (χ2n) is 3.45. The summed E-state index contributed by atoms with van der Waals surface area (Å²) in [4.78, 5) is 21.6. The van der Waals surface area contributed by atoms with Crippen LogP contribution in [0.3, 0.4) is 0 Å². The summed E-state index contributed by atoms with van der Waals surface area (Å²) in [6, 6.07) is 1.84. The van der Waals surface area contributed by atoms with E-state index in [0.29, 0.717) is 5.76 Å². The van der Waals surface area contributed by atoms with E-state index in [9.17, 15) is 14.9 Å².